The summed E-state index contributed by atoms with van der Waals surface area (Å²) in [4.78, 5) is -1.47. The third-order valence-corrected chi connectivity index (χ3v) is 3.49. The van der Waals surface area contributed by atoms with E-state index < -0.39 is 31.0 Å². The van der Waals surface area contributed by atoms with Crippen LogP contribution in [0.2, 0.25) is 0 Å². The smallest absolute Gasteiger partial charge is 0.403 e. The molecule has 0 atom stereocenters. The molecule has 0 aliphatic heterocycles. The van der Waals surface area contributed by atoms with E-state index in [2.05, 4.69) is 17.4 Å². The van der Waals surface area contributed by atoms with Crippen molar-refractivity contribution in [3.63, 3.8) is 0 Å². The Hall–Kier alpha value is -1.11. The van der Waals surface area contributed by atoms with E-state index in [0.717, 1.165) is 12.1 Å². The Morgan fingerprint density at radius 3 is 2.33 bits per heavy atom. The van der Waals surface area contributed by atoms with Gasteiger partial charge in [-0.3, -0.25) is 0 Å². The van der Waals surface area contributed by atoms with Crippen LogP contribution in [0.3, 0.4) is 0 Å². The van der Waals surface area contributed by atoms with Gasteiger partial charge < -0.3 is 4.74 Å². The first-order valence-corrected chi connectivity index (χ1v) is 6.78. The summed E-state index contributed by atoms with van der Waals surface area (Å²) in [6, 6.07) is 3.25. The first-order valence-electron chi connectivity index (χ1n) is 4.02. The maximum Gasteiger partial charge on any atom is 0.573 e. The van der Waals surface area contributed by atoms with Gasteiger partial charge in [0.1, 0.15) is 11.0 Å². The lowest BCUT2D eigenvalue weighted by Gasteiger charge is -2.14. The summed E-state index contributed by atoms with van der Waals surface area (Å²) in [6.45, 7) is 0. The van der Waals surface area contributed by atoms with E-state index in [-0.39, 0.29) is 5.56 Å². The molecule has 0 aliphatic rings. The third-order valence-electron chi connectivity index (χ3n) is 1.70. The molecule has 1 rings (SSSR count). The van der Waals surface area contributed by atoms with Gasteiger partial charge in [0.15, 0.2) is 5.75 Å². The molecule has 0 unspecified atom stereocenters. The SMILES string of the molecule is N#Cc1ccc(S(=O)(=O)Cl)c(OC(F)(F)F)c1S. The number of halogens is 4. The van der Waals surface area contributed by atoms with Crippen molar-refractivity contribution in [2.24, 2.45) is 0 Å². The van der Waals surface area contributed by atoms with Crippen LogP contribution in [-0.2, 0) is 9.05 Å². The fourth-order valence-electron chi connectivity index (χ4n) is 1.05. The Kier molecular flexibility index (Phi) is 4.05. The lowest BCUT2D eigenvalue weighted by Crippen LogP contribution is -2.19. The van der Waals surface area contributed by atoms with Gasteiger partial charge in [-0.25, -0.2) is 8.42 Å². The van der Waals surface area contributed by atoms with Gasteiger partial charge in [0.25, 0.3) is 9.05 Å². The van der Waals surface area contributed by atoms with E-state index in [9.17, 15) is 21.6 Å². The van der Waals surface area contributed by atoms with Gasteiger partial charge in [0.2, 0.25) is 0 Å². The molecule has 10 heteroatoms. The molecule has 1 aromatic carbocycles. The van der Waals surface area contributed by atoms with Crippen LogP contribution in [-0.4, -0.2) is 14.8 Å². The van der Waals surface area contributed by atoms with E-state index >= 15 is 0 Å². The molecular formula is C8H3ClF3NO3S2. The van der Waals surface area contributed by atoms with Gasteiger partial charge in [0, 0.05) is 10.7 Å². The molecule has 0 heterocycles. The third kappa shape index (κ3) is 3.44. The highest BCUT2D eigenvalue weighted by atomic mass is 35.7. The van der Waals surface area contributed by atoms with E-state index in [1.807, 2.05) is 0 Å². The number of ether oxygens (including phenoxy) is 1. The van der Waals surface area contributed by atoms with Crippen molar-refractivity contribution in [2.75, 3.05) is 0 Å². The summed E-state index contributed by atoms with van der Waals surface area (Å²) in [5.41, 5.74) is -0.276. The van der Waals surface area contributed by atoms with Crippen LogP contribution in [0.15, 0.2) is 21.9 Å². The number of benzene rings is 1. The van der Waals surface area contributed by atoms with Crippen molar-refractivity contribution >= 4 is 32.4 Å². The standard InChI is InChI=1S/C8H3ClF3NO3S2/c9-18(14,15)5-2-1-4(3-13)7(17)6(5)16-8(10,11)12/h1-2,17H. The number of hydrogen-bond acceptors (Lipinski definition) is 5. The minimum Gasteiger partial charge on any atom is -0.403 e. The summed E-state index contributed by atoms with van der Waals surface area (Å²) in [5.74, 6) is -1.13. The predicted octanol–water partition coefficient (Wildman–Crippen LogP) is 2.67. The van der Waals surface area contributed by atoms with Crippen molar-refractivity contribution < 1.29 is 26.3 Å². The van der Waals surface area contributed by atoms with Crippen LogP contribution in [0, 0.1) is 11.3 Å². The van der Waals surface area contributed by atoms with Crippen LogP contribution in [0.5, 0.6) is 5.75 Å². The molecule has 0 aliphatic carbocycles. The van der Waals surface area contributed by atoms with Gasteiger partial charge in [-0.05, 0) is 12.1 Å². The van der Waals surface area contributed by atoms with Crippen molar-refractivity contribution in [2.45, 2.75) is 16.2 Å². The van der Waals surface area contributed by atoms with Gasteiger partial charge in [-0.1, -0.05) is 0 Å². The van der Waals surface area contributed by atoms with Gasteiger partial charge in [-0.2, -0.15) is 5.26 Å². The molecule has 0 bridgehead atoms. The average Bonchev–Trinajstić information content (AvgIpc) is 2.17. The molecule has 1 aromatic rings. The summed E-state index contributed by atoms with van der Waals surface area (Å²) in [7, 11) is 0.504. The Morgan fingerprint density at radius 2 is 1.94 bits per heavy atom. The molecule has 0 saturated carbocycles. The number of nitriles is 1. The number of nitrogens with zero attached hydrogens (tertiary/aromatic N) is 1. The maximum atomic E-state index is 12.1. The van der Waals surface area contributed by atoms with Crippen LogP contribution in [0.4, 0.5) is 13.2 Å². The molecule has 0 N–H and O–H groups in total. The Balaban J connectivity index is 3.57. The monoisotopic (exact) mass is 317 g/mol. The molecule has 0 radical (unpaired) electrons. The molecule has 18 heavy (non-hydrogen) atoms. The zero-order chi connectivity index (χ0) is 14.1. The molecule has 4 nitrogen and oxygen atoms in total. The highest BCUT2D eigenvalue weighted by molar-refractivity contribution is 8.13. The van der Waals surface area contributed by atoms with Crippen LogP contribution in [0.1, 0.15) is 5.56 Å². The quantitative estimate of drug-likeness (QED) is 0.672. The molecule has 98 valence electrons. The summed E-state index contributed by atoms with van der Waals surface area (Å²) >= 11 is 3.63. The molecular weight excluding hydrogens is 315 g/mol. The number of hydrogen-bond donors (Lipinski definition) is 1. The lowest BCUT2D eigenvalue weighted by molar-refractivity contribution is -0.276. The first kappa shape index (κ1) is 14.9. The first-order chi connectivity index (χ1) is 8.06. The van der Waals surface area contributed by atoms with E-state index in [4.69, 9.17) is 15.9 Å². The predicted molar refractivity (Wildman–Crippen MR) is 58.1 cm³/mol. The normalized spacial score (nSPS) is 12.0. The molecule has 0 saturated heterocycles. The van der Waals surface area contributed by atoms with E-state index in [0.29, 0.717) is 0 Å². The zero-order valence-electron chi connectivity index (χ0n) is 8.19. The zero-order valence-corrected chi connectivity index (χ0v) is 10.7. The van der Waals surface area contributed by atoms with Crippen molar-refractivity contribution in [1.29, 1.82) is 5.26 Å². The number of thiol groups is 1. The van der Waals surface area contributed by atoms with Gasteiger partial charge in [0.05, 0.1) is 10.5 Å². The van der Waals surface area contributed by atoms with Gasteiger partial charge in [-0.15, -0.1) is 25.8 Å². The summed E-state index contributed by atoms with van der Waals surface area (Å²) in [5, 5.41) is 8.62. The van der Waals surface area contributed by atoms with E-state index in [1.165, 1.54) is 6.07 Å². The van der Waals surface area contributed by atoms with Crippen LogP contribution >= 0.6 is 23.3 Å². The Labute approximate surface area is 110 Å². The number of rotatable bonds is 2. The maximum absolute atomic E-state index is 12.1. The molecule has 0 spiro atoms. The second kappa shape index (κ2) is 4.87. The molecule has 0 amide bonds. The Morgan fingerprint density at radius 1 is 1.39 bits per heavy atom. The average molecular weight is 318 g/mol. The second-order valence-corrected chi connectivity index (χ2v) is 5.87. The molecule has 0 fully saturated rings. The Bertz CT molecular complexity index is 622. The molecule has 0 aromatic heterocycles. The lowest BCUT2D eigenvalue weighted by atomic mass is 10.2. The largest absolute Gasteiger partial charge is 0.573 e. The highest BCUT2D eigenvalue weighted by Crippen LogP contribution is 2.38. The fourth-order valence-corrected chi connectivity index (χ4v) is 2.38. The second-order valence-electron chi connectivity index (χ2n) is 2.89. The van der Waals surface area contributed by atoms with Crippen LogP contribution in [0.25, 0.3) is 0 Å². The summed E-state index contributed by atoms with van der Waals surface area (Å²) < 4.78 is 62.2. The van der Waals surface area contributed by atoms with E-state index in [1.54, 1.807) is 0 Å². The highest BCUT2D eigenvalue weighted by Gasteiger charge is 2.35. The van der Waals surface area contributed by atoms with Crippen LogP contribution < -0.4 is 4.74 Å². The fraction of sp³-hybridized carbons (Fsp3) is 0.125. The minimum atomic E-state index is -5.14. The topological polar surface area (TPSA) is 67.2 Å². The van der Waals surface area contributed by atoms with Crippen molar-refractivity contribution in [3.05, 3.63) is 17.7 Å². The van der Waals surface area contributed by atoms with Gasteiger partial charge >= 0.3 is 6.36 Å². The van der Waals surface area contributed by atoms with Crippen molar-refractivity contribution in [3.8, 4) is 11.8 Å². The number of alkyl halides is 3. The summed E-state index contributed by atoms with van der Waals surface area (Å²) in [6.07, 6.45) is -5.14. The van der Waals surface area contributed by atoms with Crippen molar-refractivity contribution in [1.82, 2.24) is 0 Å². The minimum absolute atomic E-state index is 0.276.